The maximum absolute atomic E-state index is 12.1. The minimum Gasteiger partial charge on any atom is -0.467 e. The van der Waals surface area contributed by atoms with E-state index in [0.29, 0.717) is 13.1 Å². The fourth-order valence-electron chi connectivity index (χ4n) is 1.86. The van der Waals surface area contributed by atoms with Crippen molar-refractivity contribution < 1.29 is 9.21 Å². The molecule has 0 saturated carbocycles. The summed E-state index contributed by atoms with van der Waals surface area (Å²) in [6, 6.07) is 13.5. The number of alkyl halides is 1. The topological polar surface area (TPSA) is 33.5 Å². The first-order chi connectivity index (χ1) is 9.16. The molecule has 0 aliphatic carbocycles. The third-order valence-corrected chi connectivity index (χ3v) is 2.98. The van der Waals surface area contributed by atoms with Crippen LogP contribution in [0.3, 0.4) is 0 Å². The van der Waals surface area contributed by atoms with E-state index in [0.717, 1.165) is 11.3 Å². The molecular weight excluding hydrogens is 262 g/mol. The molecule has 0 radical (unpaired) electrons. The van der Waals surface area contributed by atoms with Gasteiger partial charge >= 0.3 is 0 Å². The van der Waals surface area contributed by atoms with Gasteiger partial charge in [-0.05, 0) is 24.6 Å². The summed E-state index contributed by atoms with van der Waals surface area (Å²) in [7, 11) is 0. The second kappa shape index (κ2) is 6.43. The number of amides is 1. The maximum atomic E-state index is 12.1. The number of carbonyl (C=O) groups excluding carboxylic acids is 1. The van der Waals surface area contributed by atoms with Crippen LogP contribution in [0.15, 0.2) is 53.1 Å². The molecule has 19 heavy (non-hydrogen) atoms. The molecule has 0 fully saturated rings. The Morgan fingerprint density at radius 3 is 2.53 bits per heavy atom. The van der Waals surface area contributed by atoms with E-state index in [1.165, 1.54) is 0 Å². The lowest BCUT2D eigenvalue weighted by molar-refractivity contribution is -0.132. The van der Waals surface area contributed by atoms with Crippen LogP contribution in [0, 0.1) is 0 Å². The number of benzene rings is 1. The van der Waals surface area contributed by atoms with Crippen LogP contribution in [0.1, 0.15) is 18.2 Å². The van der Waals surface area contributed by atoms with Gasteiger partial charge in [-0.3, -0.25) is 4.79 Å². The summed E-state index contributed by atoms with van der Waals surface area (Å²) in [5.74, 6) is 0.656. The van der Waals surface area contributed by atoms with Crippen molar-refractivity contribution in [2.45, 2.75) is 25.4 Å². The molecule has 0 N–H and O–H groups in total. The van der Waals surface area contributed by atoms with Crippen LogP contribution in [-0.4, -0.2) is 16.2 Å². The summed E-state index contributed by atoms with van der Waals surface area (Å²) in [6.07, 6.45) is 1.60. The van der Waals surface area contributed by atoms with Gasteiger partial charge in [-0.25, -0.2) is 0 Å². The molecule has 0 bridgehead atoms. The first kappa shape index (κ1) is 13.7. The molecule has 2 rings (SSSR count). The Bertz CT molecular complexity index is 508. The number of nitrogens with zero attached hydrogens (tertiary/aromatic N) is 1. The van der Waals surface area contributed by atoms with Crippen molar-refractivity contribution in [2.24, 2.45) is 0 Å². The van der Waals surface area contributed by atoms with Gasteiger partial charge in [-0.1, -0.05) is 30.3 Å². The zero-order chi connectivity index (χ0) is 13.7. The van der Waals surface area contributed by atoms with Crippen molar-refractivity contribution >= 4 is 17.5 Å². The van der Waals surface area contributed by atoms with Gasteiger partial charge in [0.2, 0.25) is 5.91 Å². The van der Waals surface area contributed by atoms with Crippen LogP contribution in [0.25, 0.3) is 0 Å². The lowest BCUT2D eigenvalue weighted by Crippen LogP contribution is -2.34. The summed E-state index contributed by atoms with van der Waals surface area (Å²) in [6.45, 7) is 2.64. The standard InChI is InChI=1S/C15H16ClNO2/c1-12(16)15(18)17(11-14-8-5-9-19-14)10-13-6-3-2-4-7-13/h2-9,12H,10-11H2,1H3. The number of carbonyl (C=O) groups is 1. The predicted molar refractivity (Wildman–Crippen MR) is 74.7 cm³/mol. The Labute approximate surface area is 117 Å². The highest BCUT2D eigenvalue weighted by Gasteiger charge is 2.19. The normalized spacial score (nSPS) is 12.1. The summed E-state index contributed by atoms with van der Waals surface area (Å²) < 4.78 is 5.29. The van der Waals surface area contributed by atoms with Gasteiger partial charge in [0.25, 0.3) is 0 Å². The van der Waals surface area contributed by atoms with Crippen LogP contribution >= 0.6 is 11.6 Å². The highest BCUT2D eigenvalue weighted by atomic mass is 35.5. The van der Waals surface area contributed by atoms with E-state index in [1.807, 2.05) is 42.5 Å². The smallest absolute Gasteiger partial charge is 0.241 e. The zero-order valence-electron chi connectivity index (χ0n) is 10.8. The second-order valence-electron chi connectivity index (χ2n) is 4.38. The summed E-state index contributed by atoms with van der Waals surface area (Å²) in [4.78, 5) is 13.8. The number of hydrogen-bond donors (Lipinski definition) is 0. The average molecular weight is 278 g/mol. The van der Waals surface area contributed by atoms with Gasteiger partial charge in [0, 0.05) is 6.54 Å². The van der Waals surface area contributed by atoms with Crippen molar-refractivity contribution in [1.29, 1.82) is 0 Å². The van der Waals surface area contributed by atoms with Crippen LogP contribution in [-0.2, 0) is 17.9 Å². The molecule has 0 aliphatic rings. The molecule has 0 aliphatic heterocycles. The molecule has 1 aromatic heterocycles. The lowest BCUT2D eigenvalue weighted by atomic mass is 10.2. The van der Waals surface area contributed by atoms with E-state index in [9.17, 15) is 4.79 Å². The van der Waals surface area contributed by atoms with Crippen LogP contribution in [0.5, 0.6) is 0 Å². The lowest BCUT2D eigenvalue weighted by Gasteiger charge is -2.23. The number of furan rings is 1. The van der Waals surface area contributed by atoms with E-state index in [1.54, 1.807) is 18.1 Å². The Hall–Kier alpha value is -1.74. The third kappa shape index (κ3) is 3.86. The third-order valence-electron chi connectivity index (χ3n) is 2.80. The van der Waals surface area contributed by atoms with Crippen LogP contribution in [0.2, 0.25) is 0 Å². The van der Waals surface area contributed by atoms with Crippen molar-refractivity contribution in [3.8, 4) is 0 Å². The van der Waals surface area contributed by atoms with Gasteiger partial charge in [0.15, 0.2) is 0 Å². The van der Waals surface area contributed by atoms with E-state index >= 15 is 0 Å². The fraction of sp³-hybridized carbons (Fsp3) is 0.267. The minimum atomic E-state index is -0.543. The van der Waals surface area contributed by atoms with E-state index < -0.39 is 5.38 Å². The highest BCUT2D eigenvalue weighted by Crippen LogP contribution is 2.13. The van der Waals surface area contributed by atoms with E-state index in [2.05, 4.69) is 0 Å². The molecule has 1 heterocycles. The summed E-state index contributed by atoms with van der Waals surface area (Å²) >= 11 is 5.91. The molecular formula is C15H16ClNO2. The van der Waals surface area contributed by atoms with Gasteiger partial charge < -0.3 is 9.32 Å². The molecule has 2 aromatic rings. The van der Waals surface area contributed by atoms with Gasteiger partial charge in [-0.15, -0.1) is 11.6 Å². The predicted octanol–water partition coefficient (Wildman–Crippen LogP) is 3.44. The Balaban J connectivity index is 2.12. The fourth-order valence-corrected chi connectivity index (χ4v) is 2.00. The van der Waals surface area contributed by atoms with Crippen LogP contribution < -0.4 is 0 Å². The first-order valence-electron chi connectivity index (χ1n) is 6.16. The molecule has 0 saturated heterocycles. The minimum absolute atomic E-state index is 0.0954. The van der Waals surface area contributed by atoms with Crippen LogP contribution in [0.4, 0.5) is 0 Å². The molecule has 1 atom stereocenters. The van der Waals surface area contributed by atoms with E-state index in [-0.39, 0.29) is 5.91 Å². The first-order valence-corrected chi connectivity index (χ1v) is 6.59. The van der Waals surface area contributed by atoms with Crippen molar-refractivity contribution in [1.82, 2.24) is 4.90 Å². The van der Waals surface area contributed by atoms with Crippen molar-refractivity contribution in [3.05, 3.63) is 60.1 Å². The number of halogens is 1. The quantitative estimate of drug-likeness (QED) is 0.785. The molecule has 0 spiro atoms. The monoisotopic (exact) mass is 277 g/mol. The number of hydrogen-bond acceptors (Lipinski definition) is 2. The number of rotatable bonds is 5. The van der Waals surface area contributed by atoms with Crippen molar-refractivity contribution in [3.63, 3.8) is 0 Å². The Kier molecular flexibility index (Phi) is 4.63. The van der Waals surface area contributed by atoms with Gasteiger partial charge in [0.1, 0.15) is 11.1 Å². The Morgan fingerprint density at radius 2 is 1.95 bits per heavy atom. The summed E-state index contributed by atoms with van der Waals surface area (Å²) in [5.41, 5.74) is 1.07. The SMILES string of the molecule is CC(Cl)C(=O)N(Cc1ccccc1)Cc1ccco1. The largest absolute Gasteiger partial charge is 0.467 e. The van der Waals surface area contributed by atoms with E-state index in [4.69, 9.17) is 16.0 Å². The summed E-state index contributed by atoms with van der Waals surface area (Å²) in [5, 5.41) is -0.543. The van der Waals surface area contributed by atoms with Gasteiger partial charge in [-0.2, -0.15) is 0 Å². The molecule has 1 unspecified atom stereocenters. The van der Waals surface area contributed by atoms with Gasteiger partial charge in [0.05, 0.1) is 12.8 Å². The second-order valence-corrected chi connectivity index (χ2v) is 5.03. The van der Waals surface area contributed by atoms with Crippen molar-refractivity contribution in [2.75, 3.05) is 0 Å². The average Bonchev–Trinajstić information content (AvgIpc) is 2.91. The molecule has 1 amide bonds. The zero-order valence-corrected chi connectivity index (χ0v) is 11.5. The molecule has 100 valence electrons. The molecule has 3 nitrogen and oxygen atoms in total. The molecule has 1 aromatic carbocycles. The Morgan fingerprint density at radius 1 is 1.21 bits per heavy atom. The maximum Gasteiger partial charge on any atom is 0.241 e. The highest BCUT2D eigenvalue weighted by molar-refractivity contribution is 6.30. The molecule has 4 heteroatoms.